The quantitative estimate of drug-likeness (QED) is 0.580. The number of para-hydroxylation sites is 1. The lowest BCUT2D eigenvalue weighted by molar-refractivity contribution is -0.123. The van der Waals surface area contributed by atoms with Gasteiger partial charge in [-0.15, -0.1) is 0 Å². The highest BCUT2D eigenvalue weighted by molar-refractivity contribution is 6.25. The number of imide groups is 1. The largest absolute Gasteiger partial charge is 0.465 e. The summed E-state index contributed by atoms with van der Waals surface area (Å²) in [6.45, 7) is 1.58. The lowest BCUT2D eigenvalue weighted by Crippen LogP contribution is -2.43. The van der Waals surface area contributed by atoms with Crippen molar-refractivity contribution < 1.29 is 23.9 Å². The van der Waals surface area contributed by atoms with E-state index in [4.69, 9.17) is 4.74 Å². The molecule has 0 radical (unpaired) electrons. The van der Waals surface area contributed by atoms with Gasteiger partial charge in [0.2, 0.25) is 5.91 Å². The normalized spacial score (nSPS) is 19.5. The van der Waals surface area contributed by atoms with Gasteiger partial charge >= 0.3 is 5.97 Å². The van der Waals surface area contributed by atoms with Crippen molar-refractivity contribution in [3.63, 3.8) is 0 Å². The summed E-state index contributed by atoms with van der Waals surface area (Å²) in [4.78, 5) is 51.2. The Labute approximate surface area is 177 Å². The molecule has 2 atom stereocenters. The van der Waals surface area contributed by atoms with Crippen LogP contribution in [0, 0.1) is 6.92 Å². The summed E-state index contributed by atoms with van der Waals surface area (Å²) in [5.41, 5.74) is 1.90. The molecule has 2 aliphatic rings. The summed E-state index contributed by atoms with van der Waals surface area (Å²) >= 11 is 0. The van der Waals surface area contributed by atoms with Crippen LogP contribution in [0.4, 0.5) is 11.4 Å². The number of nitrogens with one attached hydrogen (secondary N) is 1. The van der Waals surface area contributed by atoms with Crippen LogP contribution in [-0.4, -0.2) is 54.4 Å². The molecule has 0 bridgehead atoms. The number of benzene rings is 2. The lowest BCUT2D eigenvalue weighted by Gasteiger charge is -2.20. The van der Waals surface area contributed by atoms with Gasteiger partial charge in [-0.1, -0.05) is 35.1 Å². The highest BCUT2D eigenvalue weighted by Gasteiger charge is 2.55. The minimum Gasteiger partial charge on any atom is -0.465 e. The number of esters is 1. The van der Waals surface area contributed by atoms with Crippen LogP contribution in [0.3, 0.4) is 0 Å². The van der Waals surface area contributed by atoms with Gasteiger partial charge in [-0.25, -0.2) is 9.69 Å². The average molecular weight is 421 g/mol. The van der Waals surface area contributed by atoms with Crippen molar-refractivity contribution >= 4 is 35.1 Å². The molecule has 1 N–H and O–H groups in total. The van der Waals surface area contributed by atoms with Crippen molar-refractivity contribution in [2.75, 3.05) is 23.9 Å². The third-order valence-electron chi connectivity index (χ3n) is 5.06. The van der Waals surface area contributed by atoms with E-state index in [1.165, 1.54) is 18.2 Å². The first-order valence-corrected chi connectivity index (χ1v) is 9.50. The van der Waals surface area contributed by atoms with Gasteiger partial charge < -0.3 is 10.1 Å². The van der Waals surface area contributed by atoms with E-state index in [1.54, 1.807) is 42.5 Å². The van der Waals surface area contributed by atoms with E-state index in [0.717, 1.165) is 10.5 Å². The van der Waals surface area contributed by atoms with Crippen molar-refractivity contribution in [3.05, 3.63) is 59.7 Å². The molecule has 10 nitrogen and oxygen atoms in total. The van der Waals surface area contributed by atoms with Gasteiger partial charge in [0.25, 0.3) is 11.8 Å². The Balaban J connectivity index is 1.49. The Morgan fingerprint density at radius 1 is 1.06 bits per heavy atom. The number of hydrogen-bond donors (Lipinski definition) is 1. The Hall–Kier alpha value is -4.08. The number of anilines is 2. The zero-order chi connectivity index (χ0) is 22.1. The van der Waals surface area contributed by atoms with Gasteiger partial charge in [-0.05, 0) is 31.2 Å². The zero-order valence-corrected chi connectivity index (χ0v) is 16.8. The molecular formula is C21H19N5O5. The smallest absolute Gasteiger partial charge is 0.339 e. The van der Waals surface area contributed by atoms with Gasteiger partial charge in [-0.2, -0.15) is 5.11 Å². The molecule has 2 aromatic rings. The number of nitrogens with zero attached hydrogens (tertiary/aromatic N) is 4. The standard InChI is InChI=1S/C21H19N5O5/c1-12-7-9-13(10-8-12)26-19(28)17-18(20(26)29)25(24-23-17)11-16(27)22-15-6-4-3-5-14(15)21(30)31-2/h3-10,17-18H,11H2,1-2H3,(H,22,27)/t17-,18+/m0/s1. The zero-order valence-electron chi connectivity index (χ0n) is 16.8. The van der Waals surface area contributed by atoms with Crippen LogP contribution in [-0.2, 0) is 19.1 Å². The van der Waals surface area contributed by atoms with Gasteiger partial charge in [0.1, 0.15) is 6.54 Å². The summed E-state index contributed by atoms with van der Waals surface area (Å²) in [7, 11) is 1.24. The van der Waals surface area contributed by atoms with Crippen LogP contribution in [0.1, 0.15) is 15.9 Å². The molecule has 2 aromatic carbocycles. The van der Waals surface area contributed by atoms with E-state index in [-0.39, 0.29) is 17.8 Å². The Bertz CT molecular complexity index is 1100. The van der Waals surface area contributed by atoms with E-state index in [1.807, 2.05) is 6.92 Å². The van der Waals surface area contributed by atoms with Gasteiger partial charge in [-0.3, -0.25) is 19.4 Å². The van der Waals surface area contributed by atoms with Crippen molar-refractivity contribution in [1.82, 2.24) is 5.01 Å². The van der Waals surface area contributed by atoms with Crippen LogP contribution in [0.25, 0.3) is 0 Å². The van der Waals surface area contributed by atoms with Crippen LogP contribution in [0.15, 0.2) is 58.9 Å². The molecule has 2 heterocycles. The Kier molecular flexibility index (Phi) is 5.20. The van der Waals surface area contributed by atoms with Crippen molar-refractivity contribution in [1.29, 1.82) is 0 Å². The first kappa shape index (κ1) is 20.2. The molecule has 0 aromatic heterocycles. The Morgan fingerprint density at radius 3 is 2.48 bits per heavy atom. The lowest BCUT2D eigenvalue weighted by atomic mass is 10.1. The number of hydrogen-bond acceptors (Lipinski definition) is 8. The minimum atomic E-state index is -0.996. The topological polar surface area (TPSA) is 121 Å². The van der Waals surface area contributed by atoms with E-state index >= 15 is 0 Å². The minimum absolute atomic E-state index is 0.192. The fourth-order valence-corrected chi connectivity index (χ4v) is 3.52. The van der Waals surface area contributed by atoms with Crippen molar-refractivity contribution in [3.8, 4) is 0 Å². The maximum Gasteiger partial charge on any atom is 0.339 e. The molecule has 0 spiro atoms. The molecular weight excluding hydrogens is 402 g/mol. The molecule has 3 amide bonds. The third kappa shape index (κ3) is 3.63. The van der Waals surface area contributed by atoms with Gasteiger partial charge in [0.05, 0.1) is 24.0 Å². The van der Waals surface area contributed by atoms with E-state index < -0.39 is 35.8 Å². The molecule has 0 aliphatic carbocycles. The number of methoxy groups -OCH3 is 1. The number of carbonyl (C=O) groups is 4. The number of carbonyl (C=O) groups excluding carboxylic acids is 4. The van der Waals surface area contributed by atoms with Crippen LogP contribution < -0.4 is 10.2 Å². The predicted molar refractivity (Wildman–Crippen MR) is 109 cm³/mol. The molecule has 158 valence electrons. The van der Waals surface area contributed by atoms with E-state index in [2.05, 4.69) is 15.7 Å². The molecule has 0 saturated carbocycles. The van der Waals surface area contributed by atoms with E-state index in [9.17, 15) is 19.2 Å². The predicted octanol–water partition coefficient (Wildman–Crippen LogP) is 1.71. The van der Waals surface area contributed by atoms with E-state index in [0.29, 0.717) is 5.69 Å². The number of fused-ring (bicyclic) bond motifs is 1. The molecule has 4 rings (SSSR count). The van der Waals surface area contributed by atoms with Crippen molar-refractivity contribution in [2.24, 2.45) is 10.3 Å². The fraction of sp³-hybridized carbons (Fsp3) is 0.238. The third-order valence-corrected chi connectivity index (χ3v) is 5.06. The highest BCUT2D eigenvalue weighted by Crippen LogP contribution is 2.32. The summed E-state index contributed by atoms with van der Waals surface area (Å²) in [5.74, 6) is -2.10. The summed E-state index contributed by atoms with van der Waals surface area (Å²) in [6.07, 6.45) is 0. The van der Waals surface area contributed by atoms with Crippen LogP contribution >= 0.6 is 0 Å². The summed E-state index contributed by atoms with van der Waals surface area (Å²) < 4.78 is 4.71. The average Bonchev–Trinajstić information content (AvgIpc) is 3.28. The SMILES string of the molecule is COC(=O)c1ccccc1NC(=O)CN1N=N[C@@H]2C(=O)N(c3ccc(C)cc3)C(=O)[C@@H]21. The second-order valence-corrected chi connectivity index (χ2v) is 7.12. The molecule has 1 fully saturated rings. The first-order chi connectivity index (χ1) is 14.9. The summed E-state index contributed by atoms with van der Waals surface area (Å²) in [5, 5.41) is 11.6. The molecule has 2 aliphatic heterocycles. The van der Waals surface area contributed by atoms with Gasteiger partial charge in [0, 0.05) is 0 Å². The maximum absolute atomic E-state index is 13.0. The number of rotatable bonds is 5. The monoisotopic (exact) mass is 421 g/mol. The number of amides is 3. The van der Waals surface area contributed by atoms with Crippen molar-refractivity contribution in [2.45, 2.75) is 19.0 Å². The fourth-order valence-electron chi connectivity index (χ4n) is 3.52. The molecule has 10 heteroatoms. The Morgan fingerprint density at radius 2 is 1.77 bits per heavy atom. The number of ether oxygens (including phenoxy) is 1. The van der Waals surface area contributed by atoms with Crippen LogP contribution in [0.5, 0.6) is 0 Å². The molecule has 31 heavy (non-hydrogen) atoms. The molecule has 0 unspecified atom stereocenters. The second-order valence-electron chi connectivity index (χ2n) is 7.12. The second kappa shape index (κ2) is 7.98. The van der Waals surface area contributed by atoms with Crippen LogP contribution in [0.2, 0.25) is 0 Å². The maximum atomic E-state index is 13.0. The highest BCUT2D eigenvalue weighted by atomic mass is 16.5. The first-order valence-electron chi connectivity index (χ1n) is 9.50. The van der Waals surface area contributed by atoms with Gasteiger partial charge in [0.15, 0.2) is 12.1 Å². The number of aryl methyl sites for hydroxylation is 1. The molecule has 1 saturated heterocycles. The summed E-state index contributed by atoms with van der Waals surface area (Å²) in [6, 6.07) is 11.4.